The monoisotopic (exact) mass is 300 g/mol. The van der Waals surface area contributed by atoms with Crippen LogP contribution in [0.4, 0.5) is 0 Å². The third-order valence-electron chi connectivity index (χ3n) is 2.58. The van der Waals surface area contributed by atoms with Crippen molar-refractivity contribution in [3.63, 3.8) is 0 Å². The molecule has 3 amide bonds. The van der Waals surface area contributed by atoms with Crippen molar-refractivity contribution >= 4 is 23.4 Å². The lowest BCUT2D eigenvalue weighted by Gasteiger charge is -2.10. The number of nitrogens with zero attached hydrogens (tertiary/aromatic N) is 1. The molecule has 0 rings (SSSR count). The molecule has 120 valence electrons. The molecule has 8 nitrogen and oxygen atoms in total. The Labute approximate surface area is 124 Å². The number of ether oxygens (including phenoxy) is 1. The van der Waals surface area contributed by atoms with Crippen molar-refractivity contribution in [2.45, 2.75) is 39.7 Å². The highest BCUT2D eigenvalue weighted by Crippen LogP contribution is 1.91. The van der Waals surface area contributed by atoms with Crippen LogP contribution in [-0.4, -0.2) is 49.7 Å². The van der Waals surface area contributed by atoms with Gasteiger partial charge in [0, 0.05) is 25.4 Å². The Balaban J connectivity index is 4.12. The molecule has 0 saturated heterocycles. The van der Waals surface area contributed by atoms with Gasteiger partial charge in [0.1, 0.15) is 0 Å². The zero-order valence-corrected chi connectivity index (χ0v) is 13.0. The minimum Gasteiger partial charge on any atom is -0.383 e. The largest absolute Gasteiger partial charge is 0.383 e. The predicted octanol–water partition coefficient (Wildman–Crippen LogP) is -0.454. The average Bonchev–Trinajstić information content (AvgIpc) is 2.44. The summed E-state index contributed by atoms with van der Waals surface area (Å²) in [5, 5.41) is 8.85. The Hall–Kier alpha value is -1.96. The van der Waals surface area contributed by atoms with Gasteiger partial charge in [-0.2, -0.15) is 5.10 Å². The van der Waals surface area contributed by atoms with Gasteiger partial charge in [0.25, 0.3) is 0 Å². The molecule has 0 aromatic rings. The lowest BCUT2D eigenvalue weighted by atomic mass is 10.2. The van der Waals surface area contributed by atoms with Gasteiger partial charge in [0.2, 0.25) is 5.91 Å². The van der Waals surface area contributed by atoms with Gasteiger partial charge < -0.3 is 15.4 Å². The summed E-state index contributed by atoms with van der Waals surface area (Å²) < 4.78 is 4.74. The third kappa shape index (κ3) is 9.55. The molecule has 0 aromatic carbocycles. The van der Waals surface area contributed by atoms with E-state index in [9.17, 15) is 14.4 Å². The van der Waals surface area contributed by atoms with E-state index in [4.69, 9.17) is 4.74 Å². The molecule has 1 unspecified atom stereocenters. The lowest BCUT2D eigenvalue weighted by Crippen LogP contribution is -2.39. The first kappa shape index (κ1) is 19.0. The van der Waals surface area contributed by atoms with E-state index in [1.807, 2.05) is 13.8 Å². The van der Waals surface area contributed by atoms with Crippen LogP contribution in [0.25, 0.3) is 0 Å². The van der Waals surface area contributed by atoms with E-state index < -0.39 is 11.8 Å². The smallest absolute Gasteiger partial charge is 0.329 e. The zero-order valence-electron chi connectivity index (χ0n) is 13.0. The summed E-state index contributed by atoms with van der Waals surface area (Å²) in [7, 11) is 1.49. The fourth-order valence-corrected chi connectivity index (χ4v) is 1.24. The molecule has 0 bridgehead atoms. The Morgan fingerprint density at radius 2 is 1.90 bits per heavy atom. The summed E-state index contributed by atoms with van der Waals surface area (Å²) in [5.74, 6) is -1.86. The number of hydrazone groups is 1. The first-order chi connectivity index (χ1) is 9.90. The molecular weight excluding hydrogens is 276 g/mol. The molecule has 0 aliphatic rings. The summed E-state index contributed by atoms with van der Waals surface area (Å²) in [6.07, 6.45) is 0.899. The van der Waals surface area contributed by atoms with Crippen molar-refractivity contribution in [2.24, 2.45) is 5.10 Å². The highest BCUT2D eigenvalue weighted by atomic mass is 16.5. The Morgan fingerprint density at radius 3 is 2.48 bits per heavy atom. The Kier molecular flexibility index (Phi) is 9.78. The molecule has 3 N–H and O–H groups in total. The van der Waals surface area contributed by atoms with Crippen molar-refractivity contribution in [3.05, 3.63) is 0 Å². The van der Waals surface area contributed by atoms with Crippen molar-refractivity contribution in [2.75, 3.05) is 20.3 Å². The fourth-order valence-electron chi connectivity index (χ4n) is 1.24. The van der Waals surface area contributed by atoms with E-state index in [0.717, 1.165) is 6.42 Å². The Morgan fingerprint density at radius 1 is 1.24 bits per heavy atom. The van der Waals surface area contributed by atoms with E-state index in [0.29, 0.717) is 12.3 Å². The van der Waals surface area contributed by atoms with E-state index in [-0.39, 0.29) is 24.9 Å². The molecule has 1 atom stereocenters. The topological polar surface area (TPSA) is 109 Å². The summed E-state index contributed by atoms with van der Waals surface area (Å²) in [6, 6.07) is 0.0893. The number of carbonyl (C=O) groups is 3. The number of carbonyl (C=O) groups excluding carboxylic acids is 3. The van der Waals surface area contributed by atoms with E-state index in [1.54, 1.807) is 6.92 Å². The van der Waals surface area contributed by atoms with Crippen molar-refractivity contribution in [1.29, 1.82) is 0 Å². The second-order valence-corrected chi connectivity index (χ2v) is 4.59. The van der Waals surface area contributed by atoms with Crippen molar-refractivity contribution < 1.29 is 19.1 Å². The van der Waals surface area contributed by atoms with Crippen LogP contribution in [0.2, 0.25) is 0 Å². The lowest BCUT2D eigenvalue weighted by molar-refractivity contribution is -0.139. The minimum atomic E-state index is -0.882. The van der Waals surface area contributed by atoms with E-state index >= 15 is 0 Å². The van der Waals surface area contributed by atoms with Gasteiger partial charge >= 0.3 is 11.8 Å². The first-order valence-corrected chi connectivity index (χ1v) is 6.80. The van der Waals surface area contributed by atoms with Crippen LogP contribution in [-0.2, 0) is 19.1 Å². The molecule has 0 fully saturated rings. The van der Waals surface area contributed by atoms with Gasteiger partial charge in [-0.3, -0.25) is 14.4 Å². The van der Waals surface area contributed by atoms with E-state index in [1.165, 1.54) is 7.11 Å². The van der Waals surface area contributed by atoms with Crippen molar-refractivity contribution in [3.8, 4) is 0 Å². The second kappa shape index (κ2) is 10.8. The SMILES string of the molecule is CCC(C)NC(=O)C/C(C)=N/NC(=O)C(=O)NCCOC. The van der Waals surface area contributed by atoms with Gasteiger partial charge in [-0.15, -0.1) is 0 Å². The Bertz CT molecular complexity index is 396. The summed E-state index contributed by atoms with van der Waals surface area (Å²) in [5.41, 5.74) is 2.51. The number of amides is 3. The molecule has 0 heterocycles. The van der Waals surface area contributed by atoms with Crippen LogP contribution in [0.15, 0.2) is 5.10 Å². The molecule has 0 aliphatic heterocycles. The number of hydrogen-bond donors (Lipinski definition) is 3. The van der Waals surface area contributed by atoms with E-state index in [2.05, 4.69) is 21.2 Å². The average molecular weight is 300 g/mol. The molecule has 0 saturated carbocycles. The van der Waals surface area contributed by atoms with Gasteiger partial charge in [-0.25, -0.2) is 5.43 Å². The normalized spacial score (nSPS) is 12.5. The van der Waals surface area contributed by atoms with Gasteiger partial charge in [0.15, 0.2) is 0 Å². The number of methoxy groups -OCH3 is 1. The van der Waals surface area contributed by atoms with Crippen LogP contribution in [0.5, 0.6) is 0 Å². The fraction of sp³-hybridized carbons (Fsp3) is 0.692. The second-order valence-electron chi connectivity index (χ2n) is 4.59. The molecular formula is C13H24N4O4. The highest BCUT2D eigenvalue weighted by Gasteiger charge is 2.12. The molecule has 21 heavy (non-hydrogen) atoms. The number of hydrogen-bond acceptors (Lipinski definition) is 5. The van der Waals surface area contributed by atoms with Crippen LogP contribution in [0, 0.1) is 0 Å². The standard InChI is InChI=1S/C13H24N4O4/c1-5-9(2)15-11(18)8-10(3)16-17-13(20)12(19)14-6-7-21-4/h9H,5-8H2,1-4H3,(H,14,19)(H,15,18)(H,17,20)/b16-10+. The maximum Gasteiger partial charge on any atom is 0.329 e. The third-order valence-corrected chi connectivity index (χ3v) is 2.58. The van der Waals surface area contributed by atoms with Gasteiger partial charge in [-0.05, 0) is 20.3 Å². The molecule has 0 radical (unpaired) electrons. The maximum absolute atomic E-state index is 11.6. The van der Waals surface area contributed by atoms with Crippen molar-refractivity contribution in [1.82, 2.24) is 16.1 Å². The molecule has 0 aliphatic carbocycles. The number of rotatable bonds is 8. The summed E-state index contributed by atoms with van der Waals surface area (Å²) in [4.78, 5) is 34.3. The summed E-state index contributed by atoms with van der Waals surface area (Å²) in [6.45, 7) is 6.02. The van der Waals surface area contributed by atoms with Crippen LogP contribution >= 0.6 is 0 Å². The van der Waals surface area contributed by atoms with Crippen LogP contribution in [0.1, 0.15) is 33.6 Å². The minimum absolute atomic E-state index is 0.0654. The van der Waals surface area contributed by atoms with Gasteiger partial charge in [-0.1, -0.05) is 6.92 Å². The quantitative estimate of drug-likeness (QED) is 0.244. The highest BCUT2D eigenvalue weighted by molar-refractivity contribution is 6.35. The van der Waals surface area contributed by atoms with Crippen LogP contribution in [0.3, 0.4) is 0 Å². The zero-order chi connectivity index (χ0) is 16.3. The molecule has 8 heteroatoms. The first-order valence-electron chi connectivity index (χ1n) is 6.80. The molecule has 0 aromatic heterocycles. The predicted molar refractivity (Wildman–Crippen MR) is 78.7 cm³/mol. The number of nitrogens with one attached hydrogen (secondary N) is 3. The molecule has 0 spiro atoms. The van der Waals surface area contributed by atoms with Gasteiger partial charge in [0.05, 0.1) is 13.0 Å². The van der Waals surface area contributed by atoms with Crippen LogP contribution < -0.4 is 16.1 Å². The maximum atomic E-state index is 11.6. The summed E-state index contributed by atoms with van der Waals surface area (Å²) >= 11 is 0.